The predicted octanol–water partition coefficient (Wildman–Crippen LogP) is 2.95. The Kier molecular flexibility index (Phi) is 5.52. The molecule has 0 saturated carbocycles. The lowest BCUT2D eigenvalue weighted by Crippen LogP contribution is -2.23. The van der Waals surface area contributed by atoms with Gasteiger partial charge in [-0.2, -0.15) is 0 Å². The third kappa shape index (κ3) is 4.10. The SMILES string of the molecule is COc1ccc(OC)c(NC(N)=NCc2cc(C)c(O)c(C)c2)c1. The highest BCUT2D eigenvalue weighted by atomic mass is 16.5. The number of anilines is 1. The van der Waals surface area contributed by atoms with Gasteiger partial charge >= 0.3 is 0 Å². The van der Waals surface area contributed by atoms with Crippen LogP contribution in [0.2, 0.25) is 0 Å². The maximum Gasteiger partial charge on any atom is 0.193 e. The standard InChI is InChI=1S/C18H23N3O3/c1-11-7-13(8-12(2)17(11)22)10-20-18(19)21-15-9-14(23-3)5-6-16(15)24-4/h5-9,22H,10H2,1-4H3,(H3,19,20,21). The molecule has 0 aliphatic carbocycles. The van der Waals surface area contributed by atoms with E-state index in [1.807, 2.05) is 26.0 Å². The van der Waals surface area contributed by atoms with E-state index in [1.165, 1.54) is 0 Å². The van der Waals surface area contributed by atoms with E-state index < -0.39 is 0 Å². The van der Waals surface area contributed by atoms with Gasteiger partial charge in [0, 0.05) is 6.07 Å². The maximum atomic E-state index is 9.81. The Morgan fingerprint density at radius 3 is 2.38 bits per heavy atom. The van der Waals surface area contributed by atoms with Crippen LogP contribution >= 0.6 is 0 Å². The van der Waals surface area contributed by atoms with E-state index in [4.69, 9.17) is 15.2 Å². The second-order valence-corrected chi connectivity index (χ2v) is 5.47. The van der Waals surface area contributed by atoms with E-state index in [0.717, 1.165) is 16.7 Å². The summed E-state index contributed by atoms with van der Waals surface area (Å²) in [5, 5.41) is 12.8. The minimum atomic E-state index is 0.268. The molecule has 0 saturated heterocycles. The van der Waals surface area contributed by atoms with Gasteiger partial charge in [-0.05, 0) is 42.7 Å². The highest BCUT2D eigenvalue weighted by Gasteiger charge is 2.07. The number of benzene rings is 2. The van der Waals surface area contributed by atoms with Crippen LogP contribution in [0.1, 0.15) is 16.7 Å². The van der Waals surface area contributed by atoms with Crippen molar-refractivity contribution in [1.29, 1.82) is 0 Å². The Morgan fingerprint density at radius 1 is 1.12 bits per heavy atom. The monoisotopic (exact) mass is 329 g/mol. The van der Waals surface area contributed by atoms with Crippen LogP contribution in [0.25, 0.3) is 0 Å². The lowest BCUT2D eigenvalue weighted by atomic mass is 10.1. The molecular formula is C18H23N3O3. The Labute approximate surface area is 141 Å². The van der Waals surface area contributed by atoms with Gasteiger partial charge in [-0.1, -0.05) is 12.1 Å². The predicted molar refractivity (Wildman–Crippen MR) is 96.1 cm³/mol. The molecule has 0 radical (unpaired) electrons. The second-order valence-electron chi connectivity index (χ2n) is 5.47. The fourth-order valence-electron chi connectivity index (χ4n) is 2.40. The third-order valence-electron chi connectivity index (χ3n) is 3.65. The van der Waals surface area contributed by atoms with Crippen LogP contribution < -0.4 is 20.5 Å². The van der Waals surface area contributed by atoms with Gasteiger partial charge in [0.25, 0.3) is 0 Å². The summed E-state index contributed by atoms with van der Waals surface area (Å²) in [7, 11) is 3.18. The summed E-state index contributed by atoms with van der Waals surface area (Å²) in [6.07, 6.45) is 0. The molecule has 2 rings (SSSR count). The first-order chi connectivity index (χ1) is 11.4. The molecule has 6 nitrogen and oxygen atoms in total. The molecule has 0 aliphatic rings. The van der Waals surface area contributed by atoms with Crippen LogP contribution in [-0.4, -0.2) is 25.3 Å². The van der Waals surface area contributed by atoms with E-state index >= 15 is 0 Å². The average Bonchev–Trinajstić information content (AvgIpc) is 2.57. The molecule has 0 unspecified atom stereocenters. The summed E-state index contributed by atoms with van der Waals surface area (Å²) >= 11 is 0. The summed E-state index contributed by atoms with van der Waals surface area (Å²) in [6.45, 7) is 4.13. The molecule has 0 atom stereocenters. The van der Waals surface area contributed by atoms with Crippen molar-refractivity contribution in [2.45, 2.75) is 20.4 Å². The normalized spacial score (nSPS) is 11.2. The number of aromatic hydroxyl groups is 1. The van der Waals surface area contributed by atoms with Crippen LogP contribution in [0.15, 0.2) is 35.3 Å². The molecule has 0 aromatic heterocycles. The van der Waals surface area contributed by atoms with Crippen LogP contribution in [0.3, 0.4) is 0 Å². The first kappa shape index (κ1) is 17.5. The number of phenols is 1. The van der Waals surface area contributed by atoms with Crippen LogP contribution in [0.5, 0.6) is 17.2 Å². The highest BCUT2D eigenvalue weighted by Crippen LogP contribution is 2.28. The quantitative estimate of drug-likeness (QED) is 0.580. The minimum Gasteiger partial charge on any atom is -0.507 e. The summed E-state index contributed by atoms with van der Waals surface area (Å²) in [6, 6.07) is 9.17. The number of guanidine groups is 1. The van der Waals surface area contributed by atoms with E-state index in [9.17, 15) is 5.11 Å². The molecule has 0 bridgehead atoms. The molecule has 0 spiro atoms. The minimum absolute atomic E-state index is 0.268. The third-order valence-corrected chi connectivity index (χ3v) is 3.65. The summed E-state index contributed by atoms with van der Waals surface area (Å²) in [4.78, 5) is 4.34. The van der Waals surface area contributed by atoms with Gasteiger partial charge in [0.15, 0.2) is 5.96 Å². The molecule has 0 heterocycles. The number of methoxy groups -OCH3 is 2. The molecule has 0 fully saturated rings. The zero-order valence-corrected chi connectivity index (χ0v) is 14.4. The number of hydrogen-bond donors (Lipinski definition) is 3. The van der Waals surface area contributed by atoms with Crippen molar-refractivity contribution in [3.8, 4) is 17.2 Å². The van der Waals surface area contributed by atoms with Crippen LogP contribution in [0.4, 0.5) is 5.69 Å². The van der Waals surface area contributed by atoms with Crippen molar-refractivity contribution in [1.82, 2.24) is 0 Å². The zero-order valence-electron chi connectivity index (χ0n) is 14.4. The van der Waals surface area contributed by atoms with Crippen molar-refractivity contribution in [3.63, 3.8) is 0 Å². The average molecular weight is 329 g/mol. The maximum absolute atomic E-state index is 9.81. The van der Waals surface area contributed by atoms with Gasteiger partial charge in [-0.25, -0.2) is 4.99 Å². The van der Waals surface area contributed by atoms with Gasteiger partial charge in [0.2, 0.25) is 0 Å². The number of nitrogens with zero attached hydrogens (tertiary/aromatic N) is 1. The van der Waals surface area contributed by atoms with Gasteiger partial charge in [0.05, 0.1) is 26.5 Å². The zero-order chi connectivity index (χ0) is 17.7. The fourth-order valence-corrected chi connectivity index (χ4v) is 2.40. The Bertz CT molecular complexity index is 734. The molecule has 0 amide bonds. The number of aryl methyl sites for hydroxylation is 2. The Morgan fingerprint density at radius 2 is 1.79 bits per heavy atom. The number of nitrogens with two attached hydrogens (primary N) is 1. The van der Waals surface area contributed by atoms with Crippen LogP contribution in [-0.2, 0) is 6.54 Å². The van der Waals surface area contributed by atoms with Gasteiger partial charge < -0.3 is 25.6 Å². The number of aliphatic imine (C=N–C) groups is 1. The molecule has 0 aliphatic heterocycles. The van der Waals surface area contributed by atoms with Crippen molar-refractivity contribution in [2.75, 3.05) is 19.5 Å². The lowest BCUT2D eigenvalue weighted by Gasteiger charge is -2.12. The second kappa shape index (κ2) is 7.59. The summed E-state index contributed by atoms with van der Waals surface area (Å²) < 4.78 is 10.5. The molecule has 2 aromatic rings. The smallest absolute Gasteiger partial charge is 0.193 e. The topological polar surface area (TPSA) is 89.1 Å². The number of nitrogens with one attached hydrogen (secondary N) is 1. The largest absolute Gasteiger partial charge is 0.507 e. The highest BCUT2D eigenvalue weighted by molar-refractivity contribution is 5.94. The van der Waals surface area contributed by atoms with E-state index in [-0.39, 0.29) is 5.96 Å². The number of hydrogen-bond acceptors (Lipinski definition) is 4. The van der Waals surface area contributed by atoms with Crippen molar-refractivity contribution < 1.29 is 14.6 Å². The summed E-state index contributed by atoms with van der Waals surface area (Å²) in [5.41, 5.74) is 9.26. The number of rotatable bonds is 5. The van der Waals surface area contributed by atoms with Crippen LogP contribution in [0, 0.1) is 13.8 Å². The first-order valence-electron chi connectivity index (χ1n) is 7.52. The van der Waals surface area contributed by atoms with Crippen molar-refractivity contribution in [3.05, 3.63) is 47.0 Å². The molecule has 6 heteroatoms. The molecule has 24 heavy (non-hydrogen) atoms. The molecular weight excluding hydrogens is 306 g/mol. The Hall–Kier alpha value is -2.89. The number of ether oxygens (including phenoxy) is 2. The van der Waals surface area contributed by atoms with E-state index in [0.29, 0.717) is 29.5 Å². The first-order valence-corrected chi connectivity index (χ1v) is 7.52. The van der Waals surface area contributed by atoms with Crippen molar-refractivity contribution >= 4 is 11.6 Å². The molecule has 4 N–H and O–H groups in total. The van der Waals surface area contributed by atoms with Gasteiger partial charge in [-0.3, -0.25) is 0 Å². The fraction of sp³-hybridized carbons (Fsp3) is 0.278. The van der Waals surface area contributed by atoms with E-state index in [2.05, 4.69) is 10.3 Å². The molecule has 2 aromatic carbocycles. The van der Waals surface area contributed by atoms with E-state index in [1.54, 1.807) is 32.4 Å². The lowest BCUT2D eigenvalue weighted by molar-refractivity contribution is 0.405. The Balaban J connectivity index is 2.15. The molecule has 128 valence electrons. The van der Waals surface area contributed by atoms with Gasteiger partial charge in [0.1, 0.15) is 17.2 Å². The van der Waals surface area contributed by atoms with Crippen molar-refractivity contribution in [2.24, 2.45) is 10.7 Å². The number of phenolic OH excluding ortho intramolecular Hbond substituents is 1. The summed E-state index contributed by atoms with van der Waals surface area (Å²) in [5.74, 6) is 1.92. The van der Waals surface area contributed by atoms with Gasteiger partial charge in [-0.15, -0.1) is 0 Å².